The fourth-order valence-corrected chi connectivity index (χ4v) is 2.84. The van der Waals surface area contributed by atoms with Gasteiger partial charge < -0.3 is 5.11 Å². The first kappa shape index (κ1) is 13.8. The molecule has 0 bridgehead atoms. The monoisotopic (exact) mass is 260 g/mol. The van der Waals surface area contributed by atoms with Gasteiger partial charge in [0.1, 0.15) is 0 Å². The van der Waals surface area contributed by atoms with E-state index in [9.17, 15) is 9.59 Å². The van der Waals surface area contributed by atoms with Crippen LogP contribution in [0.3, 0.4) is 0 Å². The van der Waals surface area contributed by atoms with E-state index in [0.717, 1.165) is 16.7 Å². The SMILES string of the molecule is Cc1cccc(C(=O)C2CCC(C(=O)O)CC2)c1C. The van der Waals surface area contributed by atoms with E-state index in [0.29, 0.717) is 25.7 Å². The molecule has 0 spiro atoms. The van der Waals surface area contributed by atoms with Crippen molar-refractivity contribution in [3.8, 4) is 0 Å². The Morgan fingerprint density at radius 2 is 1.63 bits per heavy atom. The third-order valence-corrected chi connectivity index (χ3v) is 4.32. The first-order chi connectivity index (χ1) is 9.00. The Bertz CT molecular complexity index is 497. The number of carboxylic acids is 1. The Morgan fingerprint density at radius 3 is 2.21 bits per heavy atom. The highest BCUT2D eigenvalue weighted by Gasteiger charge is 2.30. The van der Waals surface area contributed by atoms with E-state index < -0.39 is 5.97 Å². The molecule has 0 atom stereocenters. The summed E-state index contributed by atoms with van der Waals surface area (Å²) in [5, 5.41) is 8.98. The lowest BCUT2D eigenvalue weighted by Gasteiger charge is -2.25. The van der Waals surface area contributed by atoms with Crippen molar-refractivity contribution in [2.24, 2.45) is 11.8 Å². The van der Waals surface area contributed by atoms with Crippen LogP contribution in [0.25, 0.3) is 0 Å². The minimum atomic E-state index is -0.724. The minimum Gasteiger partial charge on any atom is -0.481 e. The lowest BCUT2D eigenvalue weighted by Crippen LogP contribution is -2.26. The number of carbonyl (C=O) groups excluding carboxylic acids is 1. The molecule has 0 heterocycles. The van der Waals surface area contributed by atoms with Gasteiger partial charge in [0.05, 0.1) is 5.92 Å². The standard InChI is InChI=1S/C16H20O3/c1-10-4-3-5-14(11(10)2)15(17)12-6-8-13(9-7-12)16(18)19/h3-5,12-13H,6-9H2,1-2H3,(H,18,19). The minimum absolute atomic E-state index is 0.00361. The Labute approximate surface area is 113 Å². The van der Waals surface area contributed by atoms with E-state index in [2.05, 4.69) is 0 Å². The number of Topliss-reactive ketones (excluding diaryl/α,β-unsaturated/α-hetero) is 1. The lowest BCUT2D eigenvalue weighted by atomic mass is 9.78. The number of aliphatic carboxylic acids is 1. The maximum atomic E-state index is 12.5. The third-order valence-electron chi connectivity index (χ3n) is 4.32. The summed E-state index contributed by atoms with van der Waals surface area (Å²) in [5.41, 5.74) is 2.98. The maximum absolute atomic E-state index is 12.5. The summed E-state index contributed by atoms with van der Waals surface area (Å²) >= 11 is 0. The average Bonchev–Trinajstić information content (AvgIpc) is 2.41. The number of hydrogen-bond acceptors (Lipinski definition) is 2. The summed E-state index contributed by atoms with van der Waals surface area (Å²) in [6.45, 7) is 3.99. The number of rotatable bonds is 3. The van der Waals surface area contributed by atoms with Crippen LogP contribution in [0.5, 0.6) is 0 Å². The van der Waals surface area contributed by atoms with Crippen molar-refractivity contribution < 1.29 is 14.7 Å². The quantitative estimate of drug-likeness (QED) is 0.848. The number of ketones is 1. The Balaban J connectivity index is 2.09. The van der Waals surface area contributed by atoms with Crippen molar-refractivity contribution in [2.45, 2.75) is 39.5 Å². The highest BCUT2D eigenvalue weighted by atomic mass is 16.4. The van der Waals surface area contributed by atoms with Crippen molar-refractivity contribution in [3.63, 3.8) is 0 Å². The number of aryl methyl sites for hydroxylation is 1. The molecule has 1 aromatic rings. The molecule has 3 nitrogen and oxygen atoms in total. The molecule has 19 heavy (non-hydrogen) atoms. The fraction of sp³-hybridized carbons (Fsp3) is 0.500. The van der Waals surface area contributed by atoms with E-state index >= 15 is 0 Å². The van der Waals surface area contributed by atoms with Crippen molar-refractivity contribution in [1.29, 1.82) is 0 Å². The molecule has 1 aliphatic rings. The molecule has 0 aromatic heterocycles. The van der Waals surface area contributed by atoms with Crippen LogP contribution in [-0.4, -0.2) is 16.9 Å². The van der Waals surface area contributed by atoms with Crippen LogP contribution in [0.4, 0.5) is 0 Å². The molecule has 3 heteroatoms. The molecule has 1 fully saturated rings. The Kier molecular flexibility index (Phi) is 4.03. The molecule has 0 aliphatic heterocycles. The van der Waals surface area contributed by atoms with Gasteiger partial charge in [0.15, 0.2) is 5.78 Å². The maximum Gasteiger partial charge on any atom is 0.306 e. The van der Waals surface area contributed by atoms with Crippen molar-refractivity contribution >= 4 is 11.8 Å². The Morgan fingerprint density at radius 1 is 1.05 bits per heavy atom. The summed E-state index contributed by atoms with van der Waals surface area (Å²) in [6.07, 6.45) is 2.64. The van der Waals surface area contributed by atoms with Crippen LogP contribution >= 0.6 is 0 Å². The van der Waals surface area contributed by atoms with Crippen molar-refractivity contribution in [3.05, 3.63) is 34.9 Å². The number of hydrogen-bond donors (Lipinski definition) is 1. The second-order valence-corrected chi connectivity index (χ2v) is 5.50. The average molecular weight is 260 g/mol. The summed E-state index contributed by atoms with van der Waals surface area (Å²) in [6, 6.07) is 5.81. The normalized spacial score (nSPS) is 23.1. The van der Waals surface area contributed by atoms with E-state index in [1.807, 2.05) is 32.0 Å². The van der Waals surface area contributed by atoms with E-state index in [1.54, 1.807) is 0 Å². The van der Waals surface area contributed by atoms with Crippen LogP contribution in [-0.2, 0) is 4.79 Å². The summed E-state index contributed by atoms with van der Waals surface area (Å²) < 4.78 is 0. The molecule has 1 N–H and O–H groups in total. The molecule has 1 saturated carbocycles. The van der Waals surface area contributed by atoms with Crippen molar-refractivity contribution in [1.82, 2.24) is 0 Å². The zero-order valence-electron chi connectivity index (χ0n) is 11.5. The van der Waals surface area contributed by atoms with Gasteiger partial charge in [-0.3, -0.25) is 9.59 Å². The molecule has 0 unspecified atom stereocenters. The van der Waals surface area contributed by atoms with Gasteiger partial charge in [-0.05, 0) is 50.7 Å². The summed E-state index contributed by atoms with van der Waals surface area (Å²) in [5.74, 6) is -0.804. The van der Waals surface area contributed by atoms with E-state index in [-0.39, 0.29) is 17.6 Å². The molecule has 2 rings (SSSR count). The van der Waals surface area contributed by atoms with Crippen LogP contribution in [0, 0.1) is 25.7 Å². The first-order valence-corrected chi connectivity index (χ1v) is 6.84. The van der Waals surface area contributed by atoms with Crippen LogP contribution in [0.1, 0.15) is 47.2 Å². The fourth-order valence-electron chi connectivity index (χ4n) is 2.84. The van der Waals surface area contributed by atoms with Crippen LogP contribution in [0.2, 0.25) is 0 Å². The van der Waals surface area contributed by atoms with Gasteiger partial charge >= 0.3 is 5.97 Å². The molecule has 0 saturated heterocycles. The first-order valence-electron chi connectivity index (χ1n) is 6.84. The van der Waals surface area contributed by atoms with Gasteiger partial charge in [-0.25, -0.2) is 0 Å². The Hall–Kier alpha value is -1.64. The van der Waals surface area contributed by atoms with Gasteiger partial charge in [0.25, 0.3) is 0 Å². The van der Waals surface area contributed by atoms with Gasteiger partial charge in [-0.15, -0.1) is 0 Å². The molecular weight excluding hydrogens is 240 g/mol. The molecule has 102 valence electrons. The zero-order chi connectivity index (χ0) is 14.0. The van der Waals surface area contributed by atoms with Crippen LogP contribution < -0.4 is 0 Å². The van der Waals surface area contributed by atoms with Gasteiger partial charge in [-0.2, -0.15) is 0 Å². The molecule has 1 aromatic carbocycles. The lowest BCUT2D eigenvalue weighted by molar-refractivity contribution is -0.143. The number of benzene rings is 1. The smallest absolute Gasteiger partial charge is 0.306 e. The highest BCUT2D eigenvalue weighted by molar-refractivity contribution is 5.99. The van der Waals surface area contributed by atoms with E-state index in [1.165, 1.54) is 0 Å². The summed E-state index contributed by atoms with van der Waals surface area (Å²) in [4.78, 5) is 23.4. The van der Waals surface area contributed by atoms with Gasteiger partial charge in [0.2, 0.25) is 0 Å². The highest BCUT2D eigenvalue weighted by Crippen LogP contribution is 2.32. The molecule has 1 aliphatic carbocycles. The molecule has 0 amide bonds. The molecule has 0 radical (unpaired) electrons. The van der Waals surface area contributed by atoms with Crippen LogP contribution in [0.15, 0.2) is 18.2 Å². The predicted octanol–water partition coefficient (Wildman–Crippen LogP) is 3.38. The number of carbonyl (C=O) groups is 2. The zero-order valence-corrected chi connectivity index (χ0v) is 11.5. The topological polar surface area (TPSA) is 54.4 Å². The molecular formula is C16H20O3. The second kappa shape index (κ2) is 5.55. The second-order valence-electron chi connectivity index (χ2n) is 5.50. The van der Waals surface area contributed by atoms with Gasteiger partial charge in [0, 0.05) is 11.5 Å². The van der Waals surface area contributed by atoms with Crippen molar-refractivity contribution in [2.75, 3.05) is 0 Å². The predicted molar refractivity (Wildman–Crippen MR) is 73.3 cm³/mol. The third kappa shape index (κ3) is 2.86. The largest absolute Gasteiger partial charge is 0.481 e. The van der Waals surface area contributed by atoms with Gasteiger partial charge in [-0.1, -0.05) is 18.2 Å². The number of carboxylic acid groups (broad SMARTS) is 1. The summed E-state index contributed by atoms with van der Waals surface area (Å²) in [7, 11) is 0. The van der Waals surface area contributed by atoms with E-state index in [4.69, 9.17) is 5.11 Å².